The Morgan fingerprint density at radius 2 is 1.94 bits per heavy atom. The Bertz CT molecular complexity index is 566. The molecule has 2 N–H and O–H groups in total. The summed E-state index contributed by atoms with van der Waals surface area (Å²) in [7, 11) is 0. The van der Waals surface area contributed by atoms with E-state index >= 15 is 0 Å². The van der Waals surface area contributed by atoms with Crippen LogP contribution in [-0.2, 0) is 13.1 Å². The first-order valence-electron chi connectivity index (χ1n) is 5.24. The number of H-pyrrole nitrogens is 1. The van der Waals surface area contributed by atoms with Crippen molar-refractivity contribution < 1.29 is 5.11 Å². The molecule has 1 aromatic rings. The highest BCUT2D eigenvalue weighted by molar-refractivity contribution is 4.79. The van der Waals surface area contributed by atoms with Gasteiger partial charge in [-0.1, -0.05) is 13.0 Å². The van der Waals surface area contributed by atoms with E-state index in [1.165, 1.54) is 6.08 Å². The minimum atomic E-state index is -0.812. The second-order valence-electron chi connectivity index (χ2n) is 3.59. The van der Waals surface area contributed by atoms with Gasteiger partial charge in [0.05, 0.1) is 19.2 Å². The monoisotopic (exact) mass is 241 g/mol. The van der Waals surface area contributed by atoms with Crippen LogP contribution in [0.2, 0.25) is 0 Å². The quantitative estimate of drug-likeness (QED) is 0.623. The molecule has 0 aromatic carbocycles. The van der Waals surface area contributed by atoms with Crippen LogP contribution >= 0.6 is 0 Å². The lowest BCUT2D eigenvalue weighted by Crippen LogP contribution is -2.50. The summed E-state index contributed by atoms with van der Waals surface area (Å²) in [6.07, 6.45) is 0.984. The van der Waals surface area contributed by atoms with Crippen LogP contribution in [0.1, 0.15) is 13.3 Å². The molecule has 0 aliphatic carbocycles. The first kappa shape index (κ1) is 13.2. The van der Waals surface area contributed by atoms with Crippen LogP contribution in [0.4, 0.5) is 0 Å². The van der Waals surface area contributed by atoms with Crippen molar-refractivity contribution in [3.8, 4) is 0 Å². The second kappa shape index (κ2) is 5.44. The molecule has 0 spiro atoms. The van der Waals surface area contributed by atoms with Crippen LogP contribution in [0, 0.1) is 0 Å². The van der Waals surface area contributed by atoms with Crippen LogP contribution in [0.3, 0.4) is 0 Å². The van der Waals surface area contributed by atoms with Gasteiger partial charge in [-0.25, -0.2) is 23.5 Å². The van der Waals surface area contributed by atoms with E-state index in [0.29, 0.717) is 6.42 Å². The van der Waals surface area contributed by atoms with Crippen molar-refractivity contribution in [1.29, 1.82) is 0 Å². The lowest BCUT2D eigenvalue weighted by atomic mass is 10.3. The molecule has 1 heterocycles. The maximum absolute atomic E-state index is 11.8. The van der Waals surface area contributed by atoms with Gasteiger partial charge in [-0.15, -0.1) is 6.58 Å². The van der Waals surface area contributed by atoms with Crippen LogP contribution in [0.15, 0.2) is 27.0 Å². The van der Waals surface area contributed by atoms with E-state index in [9.17, 15) is 19.5 Å². The van der Waals surface area contributed by atoms with Gasteiger partial charge < -0.3 is 5.11 Å². The topological polar surface area (TPSA) is 97.1 Å². The zero-order valence-corrected chi connectivity index (χ0v) is 9.55. The lowest BCUT2D eigenvalue weighted by molar-refractivity contribution is 0.145. The maximum atomic E-state index is 11.8. The van der Waals surface area contributed by atoms with E-state index in [1.54, 1.807) is 6.92 Å². The van der Waals surface area contributed by atoms with E-state index in [1.807, 2.05) is 4.98 Å². The molecule has 17 heavy (non-hydrogen) atoms. The Labute approximate surface area is 96.7 Å². The third-order valence-corrected chi connectivity index (χ3v) is 2.34. The van der Waals surface area contributed by atoms with Gasteiger partial charge in [-0.05, 0) is 6.42 Å². The first-order chi connectivity index (χ1) is 8.01. The number of hydrogen-bond acceptors (Lipinski definition) is 4. The van der Waals surface area contributed by atoms with Gasteiger partial charge in [0.15, 0.2) is 0 Å². The normalized spacial score (nSPS) is 12.4. The zero-order valence-electron chi connectivity index (χ0n) is 9.55. The zero-order chi connectivity index (χ0) is 13.0. The van der Waals surface area contributed by atoms with E-state index in [-0.39, 0.29) is 13.1 Å². The highest BCUT2D eigenvalue weighted by atomic mass is 16.3. The first-order valence-corrected chi connectivity index (χ1v) is 5.24. The van der Waals surface area contributed by atoms with E-state index in [0.717, 1.165) is 9.13 Å². The fourth-order valence-corrected chi connectivity index (χ4v) is 1.34. The lowest BCUT2D eigenvalue weighted by Gasteiger charge is -2.10. The number of aliphatic hydroxyl groups is 1. The Kier molecular flexibility index (Phi) is 4.22. The Morgan fingerprint density at radius 1 is 1.35 bits per heavy atom. The Morgan fingerprint density at radius 3 is 2.47 bits per heavy atom. The van der Waals surface area contributed by atoms with E-state index < -0.39 is 23.2 Å². The van der Waals surface area contributed by atoms with Crippen LogP contribution < -0.4 is 17.1 Å². The molecule has 0 saturated carbocycles. The summed E-state index contributed by atoms with van der Waals surface area (Å²) < 4.78 is 1.65. The molecule has 0 radical (unpaired) electrons. The molecule has 0 aliphatic rings. The van der Waals surface area contributed by atoms with E-state index in [4.69, 9.17) is 0 Å². The molecule has 0 fully saturated rings. The summed E-state index contributed by atoms with van der Waals surface area (Å²) in [5.74, 6) is 0. The summed E-state index contributed by atoms with van der Waals surface area (Å²) in [6, 6.07) is 0. The number of aromatic nitrogens is 3. The summed E-state index contributed by atoms with van der Waals surface area (Å²) in [6.45, 7) is 5.02. The van der Waals surface area contributed by atoms with Crippen molar-refractivity contribution in [2.24, 2.45) is 0 Å². The highest BCUT2D eigenvalue weighted by Gasteiger charge is 2.11. The predicted molar refractivity (Wildman–Crippen MR) is 62.1 cm³/mol. The predicted octanol–water partition coefficient (Wildman–Crippen LogP) is -1.34. The Balaban J connectivity index is 3.36. The molecular weight excluding hydrogens is 226 g/mol. The van der Waals surface area contributed by atoms with Crippen molar-refractivity contribution >= 4 is 0 Å². The van der Waals surface area contributed by atoms with Crippen molar-refractivity contribution in [2.45, 2.75) is 32.5 Å². The van der Waals surface area contributed by atoms with Gasteiger partial charge in [0.25, 0.3) is 0 Å². The fraction of sp³-hybridized carbons (Fsp3) is 0.500. The molecule has 7 heteroatoms. The second-order valence-corrected chi connectivity index (χ2v) is 3.59. The third-order valence-electron chi connectivity index (χ3n) is 2.34. The molecular formula is C10H15N3O4. The molecule has 0 saturated heterocycles. The average molecular weight is 241 g/mol. The van der Waals surface area contributed by atoms with Gasteiger partial charge in [0, 0.05) is 0 Å². The van der Waals surface area contributed by atoms with Gasteiger partial charge in [0.2, 0.25) is 0 Å². The SMILES string of the molecule is C=CCn1c(=O)[nH]c(=O)n(CC(O)CC)c1=O. The molecule has 1 unspecified atom stereocenters. The van der Waals surface area contributed by atoms with Crippen molar-refractivity contribution in [2.75, 3.05) is 0 Å². The summed E-state index contributed by atoms with van der Waals surface area (Å²) in [5.41, 5.74) is -2.33. The number of nitrogens with one attached hydrogen (secondary N) is 1. The van der Waals surface area contributed by atoms with Crippen molar-refractivity contribution in [1.82, 2.24) is 14.1 Å². The molecule has 1 rings (SSSR count). The van der Waals surface area contributed by atoms with Gasteiger partial charge in [-0.3, -0.25) is 4.98 Å². The van der Waals surface area contributed by atoms with Crippen molar-refractivity contribution in [3.05, 3.63) is 44.1 Å². The number of nitrogens with zero attached hydrogens (tertiary/aromatic N) is 2. The number of aliphatic hydroxyl groups excluding tert-OH is 1. The molecule has 7 nitrogen and oxygen atoms in total. The van der Waals surface area contributed by atoms with Crippen LogP contribution in [0.5, 0.6) is 0 Å². The summed E-state index contributed by atoms with van der Waals surface area (Å²) in [4.78, 5) is 36.6. The average Bonchev–Trinajstić information content (AvgIpc) is 2.29. The van der Waals surface area contributed by atoms with Gasteiger partial charge in [0.1, 0.15) is 0 Å². The molecule has 1 atom stereocenters. The molecule has 0 aliphatic heterocycles. The number of aromatic amines is 1. The summed E-state index contributed by atoms with van der Waals surface area (Å²) >= 11 is 0. The molecule has 0 bridgehead atoms. The number of rotatable bonds is 5. The van der Waals surface area contributed by atoms with Crippen LogP contribution in [0.25, 0.3) is 0 Å². The fourth-order valence-electron chi connectivity index (χ4n) is 1.34. The number of allylic oxidation sites excluding steroid dienone is 1. The number of hydrogen-bond donors (Lipinski definition) is 2. The van der Waals surface area contributed by atoms with Gasteiger partial charge >= 0.3 is 17.1 Å². The molecule has 1 aromatic heterocycles. The highest BCUT2D eigenvalue weighted by Crippen LogP contribution is 1.90. The third kappa shape index (κ3) is 2.82. The van der Waals surface area contributed by atoms with Crippen LogP contribution in [-0.4, -0.2) is 25.3 Å². The largest absolute Gasteiger partial charge is 0.391 e. The molecule has 0 amide bonds. The Hall–Kier alpha value is -1.89. The smallest absolute Gasteiger partial charge is 0.336 e. The van der Waals surface area contributed by atoms with Gasteiger partial charge in [-0.2, -0.15) is 0 Å². The van der Waals surface area contributed by atoms with E-state index in [2.05, 4.69) is 6.58 Å². The standard InChI is InChI=1S/C10H15N3O4/c1-3-5-12-8(15)11-9(16)13(10(12)17)6-7(14)4-2/h3,7,14H,1,4-6H2,2H3,(H,11,15,16). The minimum absolute atomic E-state index is 0.0106. The maximum Gasteiger partial charge on any atom is 0.336 e. The summed E-state index contributed by atoms with van der Waals surface area (Å²) in [5, 5.41) is 9.43. The van der Waals surface area contributed by atoms with Crippen molar-refractivity contribution in [3.63, 3.8) is 0 Å². The minimum Gasteiger partial charge on any atom is -0.391 e. The molecule has 94 valence electrons.